The molecule has 0 saturated carbocycles. The summed E-state index contributed by atoms with van der Waals surface area (Å²) < 4.78 is 39.3. The van der Waals surface area contributed by atoms with Crippen molar-refractivity contribution in [1.82, 2.24) is 4.90 Å². The van der Waals surface area contributed by atoms with Gasteiger partial charge in [-0.05, 0) is 86.9 Å². The highest BCUT2D eigenvalue weighted by Crippen LogP contribution is 2.49. The van der Waals surface area contributed by atoms with Crippen molar-refractivity contribution in [3.63, 3.8) is 0 Å². The summed E-state index contributed by atoms with van der Waals surface area (Å²) in [5, 5.41) is 0. The first kappa shape index (κ1) is 34.3. The third-order valence-electron chi connectivity index (χ3n) is 9.32. The quantitative estimate of drug-likeness (QED) is 0.125. The SMILES string of the molecule is CCN(C)CCCCN1/C(=C/C2=C(OC)C(=C/C(=NC)C(C)(C)c3cc(S(=O)(=O)O)ccc3C)/C2=O)C(C)(C)c2ccccc21. The molecule has 2 aromatic rings. The third kappa shape index (κ3) is 6.57. The number of hydrogen-bond donors (Lipinski definition) is 1. The highest BCUT2D eigenvalue weighted by molar-refractivity contribution is 7.85. The van der Waals surface area contributed by atoms with Gasteiger partial charge >= 0.3 is 0 Å². The molecule has 0 radical (unpaired) electrons. The molecular formula is C36H47N3O5S. The molecule has 0 bridgehead atoms. The molecule has 1 N–H and O–H groups in total. The Morgan fingerprint density at radius 1 is 1.16 bits per heavy atom. The van der Waals surface area contributed by atoms with Crippen LogP contribution in [0, 0.1) is 6.92 Å². The normalized spacial score (nSPS) is 18.7. The lowest BCUT2D eigenvalue weighted by Gasteiger charge is -2.31. The monoisotopic (exact) mass is 633 g/mol. The number of para-hydroxylation sites is 1. The zero-order valence-electron chi connectivity index (χ0n) is 28.1. The van der Waals surface area contributed by atoms with E-state index in [4.69, 9.17) is 4.74 Å². The minimum Gasteiger partial charge on any atom is -0.495 e. The number of carbonyl (C=O) groups is 1. The van der Waals surface area contributed by atoms with E-state index in [-0.39, 0.29) is 16.1 Å². The summed E-state index contributed by atoms with van der Waals surface area (Å²) >= 11 is 0. The molecule has 0 aromatic heterocycles. The van der Waals surface area contributed by atoms with Crippen molar-refractivity contribution >= 4 is 27.3 Å². The molecule has 4 rings (SSSR count). The molecule has 0 atom stereocenters. The third-order valence-corrected chi connectivity index (χ3v) is 10.2. The number of nitrogens with zero attached hydrogens (tertiary/aromatic N) is 3. The Labute approximate surface area is 268 Å². The van der Waals surface area contributed by atoms with Crippen LogP contribution >= 0.6 is 0 Å². The smallest absolute Gasteiger partial charge is 0.294 e. The molecule has 1 aliphatic carbocycles. The van der Waals surface area contributed by atoms with E-state index < -0.39 is 15.5 Å². The summed E-state index contributed by atoms with van der Waals surface area (Å²) in [5.41, 5.74) is 5.41. The molecule has 1 heterocycles. The van der Waals surface area contributed by atoms with Crippen molar-refractivity contribution in [2.45, 2.75) is 70.1 Å². The van der Waals surface area contributed by atoms with Crippen LogP contribution in [0.15, 0.2) is 87.1 Å². The van der Waals surface area contributed by atoms with Crippen molar-refractivity contribution in [1.29, 1.82) is 0 Å². The number of ketones is 1. The summed E-state index contributed by atoms with van der Waals surface area (Å²) in [7, 11) is 0.964. The van der Waals surface area contributed by atoms with Crippen LogP contribution in [0.25, 0.3) is 0 Å². The lowest BCUT2D eigenvalue weighted by molar-refractivity contribution is -0.113. The first-order valence-corrected chi connectivity index (χ1v) is 16.9. The van der Waals surface area contributed by atoms with Crippen LogP contribution in [0.3, 0.4) is 0 Å². The summed E-state index contributed by atoms with van der Waals surface area (Å²) in [6.45, 7) is 15.2. The lowest BCUT2D eigenvalue weighted by atomic mass is 9.75. The number of unbranched alkanes of at least 4 members (excludes halogenated alkanes) is 1. The highest BCUT2D eigenvalue weighted by Gasteiger charge is 2.43. The van der Waals surface area contributed by atoms with Gasteiger partial charge in [-0.3, -0.25) is 14.3 Å². The Morgan fingerprint density at radius 2 is 1.84 bits per heavy atom. The number of Topliss-reactive ketones (excluding diaryl/α,β-unsaturated/α-hetero) is 1. The van der Waals surface area contributed by atoms with Gasteiger partial charge in [0.15, 0.2) is 0 Å². The second-order valence-corrected chi connectivity index (χ2v) is 14.4. The van der Waals surface area contributed by atoms with Crippen molar-refractivity contribution in [3.8, 4) is 0 Å². The van der Waals surface area contributed by atoms with Crippen LogP contribution < -0.4 is 4.90 Å². The highest BCUT2D eigenvalue weighted by atomic mass is 32.2. The van der Waals surface area contributed by atoms with E-state index in [9.17, 15) is 17.8 Å². The zero-order chi connectivity index (χ0) is 33.3. The summed E-state index contributed by atoms with van der Waals surface area (Å²) in [6.07, 6.45) is 5.82. The summed E-state index contributed by atoms with van der Waals surface area (Å²) in [4.78, 5) is 22.8. The number of hydrogen-bond acceptors (Lipinski definition) is 7. The molecule has 1 aliphatic heterocycles. The van der Waals surface area contributed by atoms with Crippen LogP contribution in [-0.2, 0) is 30.5 Å². The summed E-state index contributed by atoms with van der Waals surface area (Å²) in [6, 6.07) is 12.9. The summed E-state index contributed by atoms with van der Waals surface area (Å²) in [5.74, 6) is 0.375. The number of aryl methyl sites for hydroxylation is 1. The fourth-order valence-electron chi connectivity index (χ4n) is 6.44. The fraction of sp³-hybridized carbons (Fsp3) is 0.444. The molecular weight excluding hydrogens is 586 g/mol. The van der Waals surface area contributed by atoms with Gasteiger partial charge < -0.3 is 14.5 Å². The first-order valence-electron chi connectivity index (χ1n) is 15.5. The maximum absolute atomic E-state index is 13.8. The number of rotatable bonds is 12. The van der Waals surface area contributed by atoms with E-state index in [2.05, 4.69) is 66.9 Å². The molecule has 0 fully saturated rings. The number of aliphatic imine (C=N–C) groups is 1. The zero-order valence-corrected chi connectivity index (χ0v) is 28.9. The van der Waals surface area contributed by atoms with Crippen molar-refractivity contribution < 1.29 is 22.5 Å². The number of benzene rings is 2. The van der Waals surface area contributed by atoms with Gasteiger partial charge in [0.2, 0.25) is 5.78 Å². The van der Waals surface area contributed by atoms with E-state index in [1.165, 1.54) is 23.4 Å². The standard InChI is InChI=1S/C36H47N3O5S/c1-10-38(8)19-13-14-20-39-30-16-12-11-15-28(30)36(5,6)32(39)23-27-33(40)26(34(27)44-9)22-31(37-7)35(3,4)29-21-25(45(41,42)43)18-17-24(29)2/h11-12,15-18,21-23H,10,13-14,19-20H2,1-9H3,(H,41,42,43)/b26-22+,32-23+,37-31?. The van der Waals surface area contributed by atoms with Crippen molar-refractivity contribution in [2.75, 3.05) is 45.7 Å². The van der Waals surface area contributed by atoms with Gasteiger partial charge in [-0.2, -0.15) is 8.42 Å². The van der Waals surface area contributed by atoms with Crippen molar-refractivity contribution in [2.24, 2.45) is 4.99 Å². The van der Waals surface area contributed by atoms with Gasteiger partial charge in [0.25, 0.3) is 10.1 Å². The fourth-order valence-corrected chi connectivity index (χ4v) is 6.95. The number of carbonyl (C=O) groups excluding carboxylic acids is 1. The minimum atomic E-state index is -4.39. The van der Waals surface area contributed by atoms with Crippen LogP contribution in [0.1, 0.15) is 64.2 Å². The average molecular weight is 634 g/mol. The van der Waals surface area contributed by atoms with Crippen molar-refractivity contribution in [3.05, 3.63) is 93.9 Å². The number of methoxy groups -OCH3 is 1. The Morgan fingerprint density at radius 3 is 2.47 bits per heavy atom. The average Bonchev–Trinajstić information content (AvgIpc) is 3.20. The number of ether oxygens (including phenoxy) is 1. The Balaban J connectivity index is 1.73. The molecule has 2 aliphatic rings. The van der Waals surface area contributed by atoms with E-state index in [1.807, 2.05) is 26.8 Å². The first-order chi connectivity index (χ1) is 21.1. The van der Waals surface area contributed by atoms with Gasteiger partial charge in [-0.1, -0.05) is 58.9 Å². The number of fused-ring (bicyclic) bond motifs is 1. The van der Waals surface area contributed by atoms with E-state index in [0.717, 1.165) is 43.7 Å². The van der Waals surface area contributed by atoms with Crippen LogP contribution in [-0.4, -0.2) is 70.2 Å². The van der Waals surface area contributed by atoms with Crippen LogP contribution in [0.4, 0.5) is 5.69 Å². The van der Waals surface area contributed by atoms with E-state index in [0.29, 0.717) is 28.2 Å². The second-order valence-electron chi connectivity index (χ2n) is 12.9. The lowest BCUT2D eigenvalue weighted by Crippen LogP contribution is -2.33. The van der Waals surface area contributed by atoms with Gasteiger partial charge in [-0.15, -0.1) is 0 Å². The van der Waals surface area contributed by atoms with Gasteiger partial charge in [0, 0.05) is 41.5 Å². The predicted octanol–water partition coefficient (Wildman–Crippen LogP) is 6.41. The van der Waals surface area contributed by atoms with Gasteiger partial charge in [0.05, 0.1) is 23.2 Å². The van der Waals surface area contributed by atoms with Gasteiger partial charge in [0.1, 0.15) is 5.76 Å². The molecule has 45 heavy (non-hydrogen) atoms. The molecule has 0 unspecified atom stereocenters. The maximum atomic E-state index is 13.8. The molecule has 242 valence electrons. The maximum Gasteiger partial charge on any atom is 0.294 e. The molecule has 2 aromatic carbocycles. The molecule has 0 spiro atoms. The van der Waals surface area contributed by atoms with Crippen LogP contribution in [0.2, 0.25) is 0 Å². The minimum absolute atomic E-state index is 0.129. The van der Waals surface area contributed by atoms with Gasteiger partial charge in [-0.25, -0.2) is 0 Å². The number of anilines is 1. The molecule has 0 amide bonds. The molecule has 9 heteroatoms. The topological polar surface area (TPSA) is 99.5 Å². The Hall–Kier alpha value is -3.53. The van der Waals surface area contributed by atoms with E-state index >= 15 is 0 Å². The number of allylic oxidation sites excluding steroid dienone is 5. The largest absolute Gasteiger partial charge is 0.495 e. The Bertz CT molecular complexity index is 1710. The van der Waals surface area contributed by atoms with E-state index in [1.54, 1.807) is 26.3 Å². The van der Waals surface area contributed by atoms with Crippen LogP contribution in [0.5, 0.6) is 0 Å². The molecule has 0 saturated heterocycles. The predicted molar refractivity (Wildman–Crippen MR) is 182 cm³/mol. The molecule has 8 nitrogen and oxygen atoms in total. The second kappa shape index (κ2) is 13.1. The Kier molecular flexibility index (Phi) is 9.97.